The SMILES string of the molecule is CCCCS(=O)(=O)N1C(=O)[C@H](CCC)[C@@H]2[C@@H]1CCN2C(=O)CCN1CCCCC1. The van der Waals surface area contributed by atoms with Crippen LogP contribution in [0.15, 0.2) is 0 Å². The number of likely N-dealkylation sites (tertiary alicyclic amines) is 2. The van der Waals surface area contributed by atoms with Crippen LogP contribution in [0.2, 0.25) is 0 Å². The van der Waals surface area contributed by atoms with Gasteiger partial charge in [-0.15, -0.1) is 0 Å². The molecule has 0 aromatic rings. The normalized spacial score (nSPS) is 28.2. The van der Waals surface area contributed by atoms with Gasteiger partial charge in [-0.25, -0.2) is 12.7 Å². The van der Waals surface area contributed by atoms with Crippen molar-refractivity contribution < 1.29 is 18.0 Å². The number of hydrogen-bond acceptors (Lipinski definition) is 5. The molecule has 0 bridgehead atoms. The lowest BCUT2D eigenvalue weighted by molar-refractivity contribution is -0.134. The number of nitrogens with zero attached hydrogens (tertiary/aromatic N) is 3. The molecule has 2 amide bonds. The Labute approximate surface area is 175 Å². The minimum Gasteiger partial charge on any atom is -0.337 e. The summed E-state index contributed by atoms with van der Waals surface area (Å²) in [5.41, 5.74) is 0. The van der Waals surface area contributed by atoms with Crippen molar-refractivity contribution in [1.29, 1.82) is 0 Å². The summed E-state index contributed by atoms with van der Waals surface area (Å²) in [5.74, 6) is -0.584. The fraction of sp³-hybridized carbons (Fsp3) is 0.905. The van der Waals surface area contributed by atoms with Crippen LogP contribution in [0.5, 0.6) is 0 Å². The lowest BCUT2D eigenvalue weighted by Crippen LogP contribution is -2.44. The maximum absolute atomic E-state index is 13.1. The summed E-state index contributed by atoms with van der Waals surface area (Å²) in [6.07, 6.45) is 7.45. The first kappa shape index (κ1) is 22.5. The second kappa shape index (κ2) is 9.77. The van der Waals surface area contributed by atoms with Crippen LogP contribution < -0.4 is 0 Å². The molecule has 0 aliphatic carbocycles. The van der Waals surface area contributed by atoms with Crippen LogP contribution in [-0.2, 0) is 19.6 Å². The molecule has 0 aromatic heterocycles. The molecule has 3 atom stereocenters. The average molecular weight is 428 g/mol. The van der Waals surface area contributed by atoms with Gasteiger partial charge >= 0.3 is 0 Å². The highest BCUT2D eigenvalue weighted by molar-refractivity contribution is 7.89. The molecule has 0 saturated carbocycles. The summed E-state index contributed by atoms with van der Waals surface area (Å²) < 4.78 is 27.0. The second-order valence-electron chi connectivity index (χ2n) is 8.78. The van der Waals surface area contributed by atoms with Crippen LogP contribution in [0.4, 0.5) is 0 Å². The summed E-state index contributed by atoms with van der Waals surface area (Å²) in [6, 6.07) is -0.660. The Balaban J connectivity index is 1.72. The first-order valence-electron chi connectivity index (χ1n) is 11.5. The van der Waals surface area contributed by atoms with Gasteiger partial charge in [0.25, 0.3) is 0 Å². The van der Waals surface area contributed by atoms with E-state index in [2.05, 4.69) is 4.90 Å². The first-order chi connectivity index (χ1) is 13.9. The third-order valence-electron chi connectivity index (χ3n) is 6.73. The minimum atomic E-state index is -3.62. The van der Waals surface area contributed by atoms with Gasteiger partial charge in [0.1, 0.15) is 0 Å². The fourth-order valence-corrected chi connectivity index (χ4v) is 7.16. The van der Waals surface area contributed by atoms with Crippen LogP contribution in [0.25, 0.3) is 0 Å². The molecule has 0 unspecified atom stereocenters. The van der Waals surface area contributed by atoms with E-state index in [9.17, 15) is 18.0 Å². The Morgan fingerprint density at radius 2 is 1.79 bits per heavy atom. The van der Waals surface area contributed by atoms with E-state index in [0.717, 1.165) is 32.5 Å². The van der Waals surface area contributed by atoms with Crippen LogP contribution in [0.1, 0.15) is 71.6 Å². The Bertz CT molecular complexity index is 690. The predicted molar refractivity (Wildman–Crippen MR) is 113 cm³/mol. The summed E-state index contributed by atoms with van der Waals surface area (Å²) in [4.78, 5) is 30.3. The highest BCUT2D eigenvalue weighted by Gasteiger charge is 2.57. The number of fused-ring (bicyclic) bond motifs is 1. The van der Waals surface area contributed by atoms with E-state index in [-0.39, 0.29) is 35.6 Å². The average Bonchev–Trinajstić information content (AvgIpc) is 3.24. The largest absolute Gasteiger partial charge is 0.337 e. The van der Waals surface area contributed by atoms with Crippen molar-refractivity contribution >= 4 is 21.8 Å². The molecular formula is C21H37N3O4S. The van der Waals surface area contributed by atoms with E-state index in [1.165, 1.54) is 23.6 Å². The molecule has 0 N–H and O–H groups in total. The molecule has 0 spiro atoms. The zero-order valence-corrected chi connectivity index (χ0v) is 18.8. The van der Waals surface area contributed by atoms with Crippen LogP contribution in [0.3, 0.4) is 0 Å². The number of unbranched alkanes of at least 4 members (excludes halogenated alkanes) is 1. The third-order valence-corrected chi connectivity index (χ3v) is 8.59. The van der Waals surface area contributed by atoms with Crippen molar-refractivity contribution in [2.45, 2.75) is 83.7 Å². The van der Waals surface area contributed by atoms with Gasteiger partial charge in [-0.2, -0.15) is 0 Å². The number of amides is 2. The number of sulfonamides is 1. The van der Waals surface area contributed by atoms with Gasteiger partial charge in [-0.3, -0.25) is 9.59 Å². The highest BCUT2D eigenvalue weighted by Crippen LogP contribution is 2.40. The molecule has 29 heavy (non-hydrogen) atoms. The van der Waals surface area contributed by atoms with Crippen molar-refractivity contribution in [2.75, 3.05) is 31.9 Å². The van der Waals surface area contributed by atoms with E-state index in [4.69, 9.17) is 0 Å². The molecule has 3 aliphatic heterocycles. The number of rotatable bonds is 9. The molecule has 3 saturated heterocycles. The monoisotopic (exact) mass is 427 g/mol. The molecule has 0 aromatic carbocycles. The van der Waals surface area contributed by atoms with Crippen molar-refractivity contribution in [3.8, 4) is 0 Å². The van der Waals surface area contributed by atoms with E-state index in [1.54, 1.807) is 0 Å². The molecule has 7 nitrogen and oxygen atoms in total. The number of hydrogen-bond donors (Lipinski definition) is 0. The Morgan fingerprint density at radius 1 is 1.07 bits per heavy atom. The quantitative estimate of drug-likeness (QED) is 0.564. The molecule has 3 fully saturated rings. The Morgan fingerprint density at radius 3 is 2.45 bits per heavy atom. The smallest absolute Gasteiger partial charge is 0.241 e. The van der Waals surface area contributed by atoms with Gasteiger partial charge in [0.05, 0.1) is 23.8 Å². The molecular weight excluding hydrogens is 390 g/mol. The Hall–Kier alpha value is -1.15. The first-order valence-corrected chi connectivity index (χ1v) is 13.1. The molecule has 3 aliphatic rings. The summed E-state index contributed by atoms with van der Waals surface area (Å²) in [5, 5.41) is 0. The predicted octanol–water partition coefficient (Wildman–Crippen LogP) is 2.22. The zero-order chi connectivity index (χ0) is 21.0. The molecule has 166 valence electrons. The highest BCUT2D eigenvalue weighted by atomic mass is 32.2. The van der Waals surface area contributed by atoms with Crippen LogP contribution in [-0.4, -0.2) is 78.4 Å². The van der Waals surface area contributed by atoms with Gasteiger partial charge in [-0.1, -0.05) is 33.1 Å². The maximum atomic E-state index is 13.1. The summed E-state index contributed by atoms with van der Waals surface area (Å²) in [6.45, 7) is 7.38. The van der Waals surface area contributed by atoms with E-state index in [0.29, 0.717) is 32.2 Å². The van der Waals surface area contributed by atoms with Gasteiger partial charge in [0.2, 0.25) is 21.8 Å². The second-order valence-corrected chi connectivity index (χ2v) is 10.8. The van der Waals surface area contributed by atoms with E-state index in [1.807, 2.05) is 18.7 Å². The van der Waals surface area contributed by atoms with Crippen LogP contribution in [0, 0.1) is 5.92 Å². The molecule has 8 heteroatoms. The van der Waals surface area contributed by atoms with Crippen LogP contribution >= 0.6 is 0 Å². The number of piperidine rings is 1. The molecule has 3 heterocycles. The summed E-state index contributed by atoms with van der Waals surface area (Å²) in [7, 11) is -3.62. The molecule has 3 rings (SSSR count). The number of carbonyl (C=O) groups is 2. The van der Waals surface area contributed by atoms with Gasteiger partial charge in [0.15, 0.2) is 0 Å². The zero-order valence-electron chi connectivity index (χ0n) is 18.0. The van der Waals surface area contributed by atoms with Crippen molar-refractivity contribution in [3.05, 3.63) is 0 Å². The summed E-state index contributed by atoms with van der Waals surface area (Å²) >= 11 is 0. The van der Waals surface area contributed by atoms with Crippen molar-refractivity contribution in [3.63, 3.8) is 0 Å². The Kier molecular flexibility index (Phi) is 7.59. The van der Waals surface area contributed by atoms with Gasteiger partial charge < -0.3 is 9.80 Å². The maximum Gasteiger partial charge on any atom is 0.241 e. The molecule has 0 radical (unpaired) electrons. The minimum absolute atomic E-state index is 0.0141. The van der Waals surface area contributed by atoms with E-state index >= 15 is 0 Å². The van der Waals surface area contributed by atoms with Gasteiger partial charge in [-0.05, 0) is 45.2 Å². The standard InChI is InChI=1S/C21H37N3O4S/c1-3-5-16-29(27,28)24-18-10-15-23(20(18)17(9-4-2)21(24)26)19(25)11-14-22-12-7-6-8-13-22/h17-18,20H,3-16H2,1-2H3/t17-,18+,20-/m1/s1. The van der Waals surface area contributed by atoms with Gasteiger partial charge in [0, 0.05) is 19.5 Å². The lowest BCUT2D eigenvalue weighted by Gasteiger charge is -2.30. The van der Waals surface area contributed by atoms with Crippen molar-refractivity contribution in [1.82, 2.24) is 14.1 Å². The lowest BCUT2D eigenvalue weighted by atomic mass is 9.94. The van der Waals surface area contributed by atoms with Crippen molar-refractivity contribution in [2.24, 2.45) is 5.92 Å². The number of carbonyl (C=O) groups excluding carboxylic acids is 2. The fourth-order valence-electron chi connectivity index (χ4n) is 5.26. The topological polar surface area (TPSA) is 78.0 Å². The third kappa shape index (κ3) is 4.79. The van der Waals surface area contributed by atoms with E-state index < -0.39 is 10.0 Å².